The van der Waals surface area contributed by atoms with Gasteiger partial charge in [0.05, 0.1) is 16.6 Å². The molecule has 2 aromatic heterocycles. The number of aromatic nitrogens is 2. The molecule has 1 aliphatic rings. The van der Waals surface area contributed by atoms with Gasteiger partial charge in [-0.2, -0.15) is 5.10 Å². The van der Waals surface area contributed by atoms with Crippen molar-refractivity contribution in [3.63, 3.8) is 0 Å². The van der Waals surface area contributed by atoms with Crippen LogP contribution < -0.4 is 10.6 Å². The molecule has 1 atom stereocenters. The Labute approximate surface area is 157 Å². The minimum atomic E-state index is -0.651. The number of aromatic amines is 1. The lowest BCUT2D eigenvalue weighted by molar-refractivity contribution is -0.122. The van der Waals surface area contributed by atoms with E-state index < -0.39 is 17.8 Å². The summed E-state index contributed by atoms with van der Waals surface area (Å²) in [5.41, 5.74) is 1.52. The maximum atomic E-state index is 15.2. The minimum Gasteiger partial charge on any atom is -0.454 e. The fourth-order valence-corrected chi connectivity index (χ4v) is 3.48. The number of benzene rings is 2. The van der Waals surface area contributed by atoms with E-state index in [1.807, 2.05) is 24.3 Å². The summed E-state index contributed by atoms with van der Waals surface area (Å²) >= 11 is 0. The van der Waals surface area contributed by atoms with E-state index in [0.29, 0.717) is 29.0 Å². The molecular formula is C20H15FN4O3. The van der Waals surface area contributed by atoms with Gasteiger partial charge in [0.15, 0.2) is 11.6 Å². The van der Waals surface area contributed by atoms with E-state index in [0.717, 1.165) is 5.39 Å². The monoisotopic (exact) mass is 378 g/mol. The first-order chi connectivity index (χ1) is 13.6. The molecule has 3 heterocycles. The van der Waals surface area contributed by atoms with E-state index >= 15 is 4.39 Å². The Hall–Kier alpha value is -3.68. The number of amides is 2. The van der Waals surface area contributed by atoms with Crippen molar-refractivity contribution in [3.8, 4) is 11.5 Å². The van der Waals surface area contributed by atoms with Crippen molar-refractivity contribution < 1.29 is 18.4 Å². The van der Waals surface area contributed by atoms with Gasteiger partial charge in [-0.25, -0.2) is 4.39 Å². The lowest BCUT2D eigenvalue weighted by Crippen LogP contribution is -2.37. The Morgan fingerprint density at radius 1 is 1.25 bits per heavy atom. The van der Waals surface area contributed by atoms with Gasteiger partial charge in [-0.3, -0.25) is 14.7 Å². The van der Waals surface area contributed by atoms with Gasteiger partial charge in [0, 0.05) is 11.8 Å². The number of hydrogen-bond donors (Lipinski definition) is 3. The summed E-state index contributed by atoms with van der Waals surface area (Å²) in [5.74, 6) is -0.812. The van der Waals surface area contributed by atoms with Crippen LogP contribution >= 0.6 is 0 Å². The highest BCUT2D eigenvalue weighted by Gasteiger charge is 2.28. The van der Waals surface area contributed by atoms with Crippen molar-refractivity contribution >= 4 is 39.4 Å². The molecule has 1 fully saturated rings. The molecule has 0 saturated carbocycles. The number of carbonyl (C=O) groups excluding carboxylic acids is 2. The van der Waals surface area contributed by atoms with Gasteiger partial charge in [0.2, 0.25) is 11.8 Å². The molecule has 1 saturated heterocycles. The summed E-state index contributed by atoms with van der Waals surface area (Å²) in [6.07, 6.45) is 0.683. The Morgan fingerprint density at radius 2 is 2.11 bits per heavy atom. The van der Waals surface area contributed by atoms with Crippen molar-refractivity contribution in [3.05, 3.63) is 48.3 Å². The lowest BCUT2D eigenvalue weighted by atomic mass is 10.1. The van der Waals surface area contributed by atoms with Crippen LogP contribution in [0.15, 0.2) is 46.9 Å². The molecule has 7 nitrogen and oxygen atoms in total. The van der Waals surface area contributed by atoms with Gasteiger partial charge < -0.3 is 15.1 Å². The maximum Gasteiger partial charge on any atom is 0.247 e. The number of fused-ring (bicyclic) bond motifs is 2. The quantitative estimate of drug-likeness (QED) is 0.509. The molecule has 0 radical (unpaired) electrons. The topological polar surface area (TPSA) is 100 Å². The molecule has 2 aromatic carbocycles. The zero-order chi connectivity index (χ0) is 19.3. The zero-order valence-electron chi connectivity index (χ0n) is 14.6. The van der Waals surface area contributed by atoms with Crippen LogP contribution in [0.2, 0.25) is 0 Å². The molecule has 0 bridgehead atoms. The van der Waals surface area contributed by atoms with Crippen molar-refractivity contribution in [2.24, 2.45) is 0 Å². The van der Waals surface area contributed by atoms with Gasteiger partial charge >= 0.3 is 0 Å². The molecule has 0 aliphatic carbocycles. The second-order valence-corrected chi connectivity index (χ2v) is 6.72. The molecular weight excluding hydrogens is 363 g/mol. The molecule has 140 valence electrons. The fraction of sp³-hybridized carbons (Fsp3) is 0.150. The smallest absolute Gasteiger partial charge is 0.247 e. The van der Waals surface area contributed by atoms with Gasteiger partial charge in [0.25, 0.3) is 0 Å². The molecule has 5 rings (SSSR count). The SMILES string of the molecule is O=C1CCC(C(=O)Nc2ccc3[nH]nc(-c4cc5ccccc5o4)c3c2F)N1. The number of H-pyrrole nitrogens is 1. The van der Waals surface area contributed by atoms with Gasteiger partial charge in [0.1, 0.15) is 17.3 Å². The Kier molecular flexibility index (Phi) is 3.65. The summed E-state index contributed by atoms with van der Waals surface area (Å²) in [5, 5.41) is 13.2. The number of nitrogens with one attached hydrogen (secondary N) is 3. The first-order valence-corrected chi connectivity index (χ1v) is 8.86. The van der Waals surface area contributed by atoms with Gasteiger partial charge in [-0.15, -0.1) is 0 Å². The number of nitrogens with zero attached hydrogens (tertiary/aromatic N) is 1. The van der Waals surface area contributed by atoms with Crippen LogP contribution in [0.3, 0.4) is 0 Å². The molecule has 1 unspecified atom stereocenters. The Bertz CT molecular complexity index is 1210. The molecule has 3 N–H and O–H groups in total. The van der Waals surface area contributed by atoms with Crippen molar-refractivity contribution in [2.45, 2.75) is 18.9 Å². The average molecular weight is 378 g/mol. The minimum absolute atomic E-state index is 0.0254. The summed E-state index contributed by atoms with van der Waals surface area (Å²) in [4.78, 5) is 23.6. The number of rotatable bonds is 3. The molecule has 0 spiro atoms. The van der Waals surface area contributed by atoms with Crippen LogP contribution in [0, 0.1) is 5.82 Å². The number of hydrogen-bond acceptors (Lipinski definition) is 4. The molecule has 1 aliphatic heterocycles. The third kappa shape index (κ3) is 2.61. The number of furan rings is 1. The number of anilines is 1. The molecule has 4 aromatic rings. The number of halogens is 1. The highest BCUT2D eigenvalue weighted by molar-refractivity contribution is 6.02. The van der Waals surface area contributed by atoms with E-state index in [1.54, 1.807) is 12.1 Å². The summed E-state index contributed by atoms with van der Waals surface area (Å²) < 4.78 is 21.0. The lowest BCUT2D eigenvalue weighted by Gasteiger charge is -2.12. The first kappa shape index (κ1) is 16.5. The zero-order valence-corrected chi connectivity index (χ0v) is 14.6. The second kappa shape index (κ2) is 6.19. The fourth-order valence-electron chi connectivity index (χ4n) is 3.48. The summed E-state index contributed by atoms with van der Waals surface area (Å²) in [7, 11) is 0. The second-order valence-electron chi connectivity index (χ2n) is 6.72. The normalized spacial score (nSPS) is 16.6. The third-order valence-corrected chi connectivity index (χ3v) is 4.90. The predicted octanol–water partition coefficient (Wildman–Crippen LogP) is 3.33. The van der Waals surface area contributed by atoms with Crippen molar-refractivity contribution in [2.75, 3.05) is 5.32 Å². The number of para-hydroxylation sites is 1. The third-order valence-electron chi connectivity index (χ3n) is 4.90. The van der Waals surface area contributed by atoms with Crippen LogP contribution in [-0.4, -0.2) is 28.1 Å². The van der Waals surface area contributed by atoms with Gasteiger partial charge in [-0.1, -0.05) is 18.2 Å². The molecule has 8 heteroatoms. The predicted molar refractivity (Wildman–Crippen MR) is 101 cm³/mol. The Balaban J connectivity index is 1.54. The maximum absolute atomic E-state index is 15.2. The summed E-state index contributed by atoms with van der Waals surface area (Å²) in [6.45, 7) is 0. The van der Waals surface area contributed by atoms with E-state index in [9.17, 15) is 9.59 Å². The van der Waals surface area contributed by atoms with Crippen LogP contribution in [0.25, 0.3) is 33.3 Å². The van der Waals surface area contributed by atoms with Crippen LogP contribution in [0.5, 0.6) is 0 Å². The summed E-state index contributed by atoms with van der Waals surface area (Å²) in [6, 6.07) is 11.7. The first-order valence-electron chi connectivity index (χ1n) is 8.86. The largest absolute Gasteiger partial charge is 0.454 e. The van der Waals surface area contributed by atoms with Gasteiger partial charge in [-0.05, 0) is 30.7 Å². The van der Waals surface area contributed by atoms with E-state index in [2.05, 4.69) is 20.8 Å². The highest BCUT2D eigenvalue weighted by Crippen LogP contribution is 2.34. The average Bonchev–Trinajstić information content (AvgIpc) is 3.40. The molecule has 28 heavy (non-hydrogen) atoms. The number of carbonyl (C=O) groups is 2. The van der Waals surface area contributed by atoms with E-state index in [1.165, 1.54) is 6.07 Å². The Morgan fingerprint density at radius 3 is 2.89 bits per heavy atom. The van der Waals surface area contributed by atoms with Crippen LogP contribution in [0.4, 0.5) is 10.1 Å². The van der Waals surface area contributed by atoms with E-state index in [4.69, 9.17) is 4.42 Å². The molecule has 2 amide bonds. The van der Waals surface area contributed by atoms with Crippen LogP contribution in [-0.2, 0) is 9.59 Å². The van der Waals surface area contributed by atoms with Crippen LogP contribution in [0.1, 0.15) is 12.8 Å². The van der Waals surface area contributed by atoms with E-state index in [-0.39, 0.29) is 23.4 Å². The van der Waals surface area contributed by atoms with Crippen molar-refractivity contribution in [1.29, 1.82) is 0 Å². The van der Waals surface area contributed by atoms with Crippen molar-refractivity contribution in [1.82, 2.24) is 15.5 Å². The standard InChI is InChI=1S/C20H15FN4O3/c21-18-12(23-20(27)13-7-8-16(26)22-13)6-5-11-17(18)19(25-24-11)15-9-10-3-1-2-4-14(10)28-15/h1-6,9,13H,7-8H2,(H,22,26)(H,23,27)(H,24,25). The highest BCUT2D eigenvalue weighted by atomic mass is 19.1.